The molecule has 5 aromatic rings. The van der Waals surface area contributed by atoms with Crippen LogP contribution in [0, 0.1) is 13.8 Å². The zero-order valence-corrected chi connectivity index (χ0v) is 26.7. The van der Waals surface area contributed by atoms with Gasteiger partial charge < -0.3 is 10.1 Å². The molecule has 0 amide bonds. The second-order valence-electron chi connectivity index (χ2n) is 11.9. The SMILES string of the molecule is Cc1ccc(S(=O)(=O)n2cc(-c3cnc(C)c4cnc(N[C@H]5CCCC[C@@]5(N)OC(=O)C(F)(F)F)nc34)c3ccc(C(F)(F)F)cc32)cc1. The Hall–Kier alpha value is -4.77. The van der Waals surface area contributed by atoms with Crippen molar-refractivity contribution in [2.45, 2.75) is 68.5 Å². The van der Waals surface area contributed by atoms with Crippen molar-refractivity contribution in [3.05, 3.63) is 77.9 Å². The fourth-order valence-corrected chi connectivity index (χ4v) is 7.25. The normalized spacial score (nSPS) is 18.9. The van der Waals surface area contributed by atoms with E-state index in [4.69, 9.17) is 10.5 Å². The van der Waals surface area contributed by atoms with E-state index in [1.807, 2.05) is 0 Å². The van der Waals surface area contributed by atoms with Crippen molar-refractivity contribution in [1.82, 2.24) is 18.9 Å². The van der Waals surface area contributed by atoms with Crippen LogP contribution in [-0.2, 0) is 25.7 Å². The molecule has 0 bridgehead atoms. The molecule has 1 aliphatic rings. The number of anilines is 1. The van der Waals surface area contributed by atoms with Gasteiger partial charge in [-0.15, -0.1) is 0 Å². The highest BCUT2D eigenvalue weighted by Crippen LogP contribution is 2.40. The van der Waals surface area contributed by atoms with Crippen molar-refractivity contribution in [1.29, 1.82) is 0 Å². The second kappa shape index (κ2) is 12.0. The molecule has 2 atom stereocenters. The molecule has 0 radical (unpaired) electrons. The van der Waals surface area contributed by atoms with Gasteiger partial charge in [-0.05, 0) is 51.0 Å². The van der Waals surface area contributed by atoms with Crippen LogP contribution in [0.1, 0.15) is 42.5 Å². The predicted octanol–water partition coefficient (Wildman–Crippen LogP) is 6.63. The van der Waals surface area contributed by atoms with Crippen LogP contribution in [0.3, 0.4) is 0 Å². The first kappa shape index (κ1) is 34.1. The number of nitrogens with two attached hydrogens (primary N) is 1. The van der Waals surface area contributed by atoms with Crippen LogP contribution in [-0.4, -0.2) is 51.3 Å². The maximum absolute atomic E-state index is 13.9. The van der Waals surface area contributed by atoms with Gasteiger partial charge in [-0.3, -0.25) is 10.7 Å². The second-order valence-corrected chi connectivity index (χ2v) is 13.7. The Labute approximate surface area is 275 Å². The highest BCUT2D eigenvalue weighted by Gasteiger charge is 2.49. The summed E-state index contributed by atoms with van der Waals surface area (Å²) in [6, 6.07) is 7.58. The standard InChI is InChI=1S/C32H28F6N6O4S/c1-17-6-9-20(10-7-17)49(46,47)44-16-24(21-11-8-19(13-25(21)44)31(33,34)35)23-15-40-18(2)22-14-41-29(43-27(22)23)42-26-5-3-4-12-30(26,39)48-28(45)32(36,37)38/h6-11,13-16,26H,3-5,12,39H2,1-2H3,(H,41,42,43)/t26-,30+/m0/s1. The number of pyridine rings is 1. The number of benzene rings is 2. The van der Waals surface area contributed by atoms with Gasteiger partial charge in [0.05, 0.1) is 27.5 Å². The third kappa shape index (κ3) is 6.39. The zero-order chi connectivity index (χ0) is 35.5. The van der Waals surface area contributed by atoms with Crippen molar-refractivity contribution >= 4 is 43.7 Å². The van der Waals surface area contributed by atoms with Gasteiger partial charge in [-0.1, -0.05) is 30.2 Å². The van der Waals surface area contributed by atoms with Gasteiger partial charge in [0.2, 0.25) is 5.95 Å². The molecular formula is C32H28F6N6O4S. The molecule has 0 aliphatic heterocycles. The summed E-state index contributed by atoms with van der Waals surface area (Å²) in [6.07, 6.45) is -4.94. The number of aromatic nitrogens is 4. The average Bonchev–Trinajstić information content (AvgIpc) is 3.41. The Morgan fingerprint density at radius 1 is 0.980 bits per heavy atom. The van der Waals surface area contributed by atoms with E-state index in [1.165, 1.54) is 36.8 Å². The molecule has 10 nitrogen and oxygen atoms in total. The summed E-state index contributed by atoms with van der Waals surface area (Å²) in [5.74, 6) is -2.53. The molecule has 1 saturated carbocycles. The molecule has 49 heavy (non-hydrogen) atoms. The van der Waals surface area contributed by atoms with Gasteiger partial charge >= 0.3 is 18.3 Å². The summed E-state index contributed by atoms with van der Waals surface area (Å²) >= 11 is 0. The van der Waals surface area contributed by atoms with E-state index >= 15 is 0 Å². The van der Waals surface area contributed by atoms with Gasteiger partial charge in [-0.2, -0.15) is 26.3 Å². The fourth-order valence-electron chi connectivity index (χ4n) is 5.89. The van der Waals surface area contributed by atoms with Crippen molar-refractivity contribution in [2.75, 3.05) is 5.32 Å². The molecule has 6 rings (SSSR count). The maximum atomic E-state index is 13.9. The lowest BCUT2D eigenvalue weighted by Gasteiger charge is -2.40. The van der Waals surface area contributed by atoms with Gasteiger partial charge in [0.1, 0.15) is 0 Å². The molecule has 2 aromatic carbocycles. The number of hydrogen-bond acceptors (Lipinski definition) is 9. The smallest absolute Gasteiger partial charge is 0.435 e. The lowest BCUT2D eigenvalue weighted by Crippen LogP contribution is -2.60. The van der Waals surface area contributed by atoms with Crippen molar-refractivity contribution in [2.24, 2.45) is 5.73 Å². The number of alkyl halides is 6. The van der Waals surface area contributed by atoms with Crippen LogP contribution < -0.4 is 11.1 Å². The molecule has 1 fully saturated rings. The number of hydrogen-bond donors (Lipinski definition) is 2. The fraction of sp³-hybridized carbons (Fsp3) is 0.312. The van der Waals surface area contributed by atoms with Crippen LogP contribution >= 0.6 is 0 Å². The molecule has 3 heterocycles. The number of nitrogens with one attached hydrogen (secondary N) is 1. The minimum absolute atomic E-state index is 0.0662. The number of carbonyl (C=O) groups excluding carboxylic acids is 1. The number of ether oxygens (including phenoxy) is 1. The summed E-state index contributed by atoms with van der Waals surface area (Å²) in [5, 5.41) is 3.45. The summed E-state index contributed by atoms with van der Waals surface area (Å²) < 4.78 is 114. The number of nitrogens with zero attached hydrogens (tertiary/aromatic N) is 4. The van der Waals surface area contributed by atoms with Gasteiger partial charge in [0.25, 0.3) is 10.0 Å². The number of fused-ring (bicyclic) bond motifs is 2. The number of halogens is 6. The van der Waals surface area contributed by atoms with E-state index in [0.29, 0.717) is 23.9 Å². The van der Waals surface area contributed by atoms with E-state index in [0.717, 1.165) is 21.7 Å². The van der Waals surface area contributed by atoms with Crippen molar-refractivity contribution in [3.8, 4) is 11.1 Å². The molecule has 3 aromatic heterocycles. The van der Waals surface area contributed by atoms with Gasteiger partial charge in [0, 0.05) is 52.6 Å². The number of carbonyl (C=O) groups is 1. The third-order valence-electron chi connectivity index (χ3n) is 8.51. The van der Waals surface area contributed by atoms with E-state index in [1.54, 1.807) is 26.0 Å². The maximum Gasteiger partial charge on any atom is 0.490 e. The zero-order valence-electron chi connectivity index (χ0n) is 25.9. The van der Waals surface area contributed by atoms with Gasteiger partial charge in [0.15, 0.2) is 5.72 Å². The monoisotopic (exact) mass is 706 g/mol. The minimum Gasteiger partial charge on any atom is -0.435 e. The largest absolute Gasteiger partial charge is 0.490 e. The molecule has 0 saturated heterocycles. The summed E-state index contributed by atoms with van der Waals surface area (Å²) in [7, 11) is -4.41. The van der Waals surface area contributed by atoms with Crippen LogP contribution in [0.2, 0.25) is 0 Å². The van der Waals surface area contributed by atoms with Crippen LogP contribution in [0.4, 0.5) is 32.3 Å². The quantitative estimate of drug-likeness (QED) is 0.113. The Kier molecular flexibility index (Phi) is 8.34. The van der Waals surface area contributed by atoms with E-state index in [-0.39, 0.29) is 51.2 Å². The van der Waals surface area contributed by atoms with E-state index in [9.17, 15) is 39.6 Å². The van der Waals surface area contributed by atoms with Crippen LogP contribution in [0.25, 0.3) is 32.9 Å². The number of aryl methyl sites for hydroxylation is 2. The third-order valence-corrected chi connectivity index (χ3v) is 10.2. The van der Waals surface area contributed by atoms with Crippen LogP contribution in [0.15, 0.2) is 66.0 Å². The lowest BCUT2D eigenvalue weighted by atomic mass is 9.87. The first-order valence-electron chi connectivity index (χ1n) is 14.9. The molecule has 258 valence electrons. The summed E-state index contributed by atoms with van der Waals surface area (Å²) in [5.41, 5.74) is 4.73. The number of rotatable bonds is 6. The number of esters is 1. The highest BCUT2D eigenvalue weighted by molar-refractivity contribution is 7.90. The van der Waals surface area contributed by atoms with Gasteiger partial charge in [-0.25, -0.2) is 27.2 Å². The Bertz CT molecular complexity index is 2200. The van der Waals surface area contributed by atoms with Crippen LogP contribution in [0.5, 0.6) is 0 Å². The molecule has 1 aliphatic carbocycles. The minimum atomic E-state index is -5.26. The first-order valence-corrected chi connectivity index (χ1v) is 16.4. The molecule has 0 spiro atoms. The predicted molar refractivity (Wildman–Crippen MR) is 167 cm³/mol. The Morgan fingerprint density at radius 2 is 1.69 bits per heavy atom. The first-order chi connectivity index (χ1) is 22.9. The van der Waals surface area contributed by atoms with E-state index in [2.05, 4.69) is 20.3 Å². The molecular weight excluding hydrogens is 678 g/mol. The van der Waals surface area contributed by atoms with Crippen molar-refractivity contribution < 1.29 is 44.3 Å². The molecule has 17 heteroatoms. The summed E-state index contributed by atoms with van der Waals surface area (Å²) in [6.45, 7) is 3.42. The van der Waals surface area contributed by atoms with Crippen molar-refractivity contribution in [3.63, 3.8) is 0 Å². The molecule has 0 unspecified atom stereocenters. The molecule has 3 N–H and O–H groups in total. The topological polar surface area (TPSA) is 142 Å². The summed E-state index contributed by atoms with van der Waals surface area (Å²) in [4.78, 5) is 24.8. The Balaban J connectivity index is 1.50. The van der Waals surface area contributed by atoms with E-state index < -0.39 is 45.7 Å². The Morgan fingerprint density at radius 3 is 2.37 bits per heavy atom. The lowest BCUT2D eigenvalue weighted by molar-refractivity contribution is -0.217. The highest BCUT2D eigenvalue weighted by atomic mass is 32.2. The average molecular weight is 707 g/mol.